The molecule has 0 radical (unpaired) electrons. The number of benzene rings is 1. The second-order valence-electron chi connectivity index (χ2n) is 5.38. The van der Waals surface area contributed by atoms with Crippen molar-refractivity contribution in [2.24, 2.45) is 0 Å². The summed E-state index contributed by atoms with van der Waals surface area (Å²) in [4.78, 5) is 2.57. The first-order valence-corrected chi connectivity index (χ1v) is 7.52. The molecule has 1 fully saturated rings. The number of halogens is 1. The molecule has 19 heavy (non-hydrogen) atoms. The summed E-state index contributed by atoms with van der Waals surface area (Å²) in [6.45, 7) is 5.86. The maximum Gasteiger partial charge on any atom is 0.123 e. The van der Waals surface area contributed by atoms with E-state index < -0.39 is 0 Å². The van der Waals surface area contributed by atoms with Crippen LogP contribution in [0.2, 0.25) is 0 Å². The Morgan fingerprint density at radius 1 is 1.00 bits per heavy atom. The van der Waals surface area contributed by atoms with Gasteiger partial charge in [-0.3, -0.25) is 0 Å². The molecule has 2 nitrogen and oxygen atoms in total. The highest BCUT2D eigenvalue weighted by Gasteiger charge is 2.08. The molecule has 0 aliphatic carbocycles. The van der Waals surface area contributed by atoms with E-state index in [2.05, 4.69) is 10.2 Å². The lowest BCUT2D eigenvalue weighted by atomic mass is 10.1. The molecule has 0 spiro atoms. The predicted octanol–water partition coefficient (Wildman–Crippen LogP) is 2.83. The van der Waals surface area contributed by atoms with Gasteiger partial charge in [-0.1, -0.05) is 18.6 Å². The van der Waals surface area contributed by atoms with Crippen molar-refractivity contribution in [3.05, 3.63) is 35.6 Å². The van der Waals surface area contributed by atoms with Gasteiger partial charge >= 0.3 is 0 Å². The summed E-state index contributed by atoms with van der Waals surface area (Å²) >= 11 is 0. The zero-order valence-electron chi connectivity index (χ0n) is 11.7. The molecule has 0 bridgehead atoms. The van der Waals surface area contributed by atoms with Crippen LogP contribution in [0.3, 0.4) is 0 Å². The lowest BCUT2D eigenvalue weighted by molar-refractivity contribution is 0.226. The first-order valence-electron chi connectivity index (χ1n) is 7.52. The normalized spacial score (nSPS) is 16.7. The van der Waals surface area contributed by atoms with Crippen molar-refractivity contribution in [3.8, 4) is 0 Å². The Hall–Kier alpha value is -0.930. The van der Waals surface area contributed by atoms with Crippen LogP contribution in [0, 0.1) is 5.82 Å². The third-order valence-corrected chi connectivity index (χ3v) is 3.78. The summed E-state index contributed by atoms with van der Waals surface area (Å²) < 4.78 is 12.7. The zero-order valence-corrected chi connectivity index (χ0v) is 11.7. The first-order chi connectivity index (χ1) is 9.34. The van der Waals surface area contributed by atoms with Crippen molar-refractivity contribution in [1.82, 2.24) is 10.2 Å². The SMILES string of the molecule is Fc1ccc(CCNCCCN2CCCCC2)cc1. The number of hydrogen-bond donors (Lipinski definition) is 1. The van der Waals surface area contributed by atoms with E-state index in [0.29, 0.717) is 0 Å². The van der Waals surface area contributed by atoms with Gasteiger partial charge < -0.3 is 10.2 Å². The summed E-state index contributed by atoms with van der Waals surface area (Å²) in [5.74, 6) is -0.154. The van der Waals surface area contributed by atoms with E-state index in [4.69, 9.17) is 0 Å². The Bertz CT molecular complexity index is 344. The van der Waals surface area contributed by atoms with Crippen molar-refractivity contribution >= 4 is 0 Å². The second-order valence-corrected chi connectivity index (χ2v) is 5.38. The van der Waals surface area contributed by atoms with Crippen LogP contribution in [0.25, 0.3) is 0 Å². The van der Waals surface area contributed by atoms with Crippen molar-refractivity contribution in [2.45, 2.75) is 32.1 Å². The minimum Gasteiger partial charge on any atom is -0.316 e. The lowest BCUT2D eigenvalue weighted by Gasteiger charge is -2.26. The van der Waals surface area contributed by atoms with Crippen molar-refractivity contribution < 1.29 is 4.39 Å². The number of nitrogens with zero attached hydrogens (tertiary/aromatic N) is 1. The number of piperidine rings is 1. The minimum atomic E-state index is -0.154. The second kappa shape index (κ2) is 8.28. The van der Waals surface area contributed by atoms with Crippen LogP contribution in [0.1, 0.15) is 31.2 Å². The van der Waals surface area contributed by atoms with Gasteiger partial charge in [0.1, 0.15) is 5.82 Å². The molecule has 0 amide bonds. The summed E-state index contributed by atoms with van der Waals surface area (Å²) in [5, 5.41) is 3.47. The van der Waals surface area contributed by atoms with Gasteiger partial charge in [-0.05, 0) is 76.1 Å². The van der Waals surface area contributed by atoms with Crippen LogP contribution in [-0.2, 0) is 6.42 Å². The molecule has 0 aromatic heterocycles. The largest absolute Gasteiger partial charge is 0.316 e. The van der Waals surface area contributed by atoms with Crippen LogP contribution in [-0.4, -0.2) is 37.6 Å². The molecule has 2 rings (SSSR count). The van der Waals surface area contributed by atoms with Crippen LogP contribution < -0.4 is 5.32 Å². The van der Waals surface area contributed by atoms with Crippen LogP contribution in [0.5, 0.6) is 0 Å². The quantitative estimate of drug-likeness (QED) is 0.762. The highest BCUT2D eigenvalue weighted by molar-refractivity contribution is 5.16. The zero-order chi connectivity index (χ0) is 13.3. The number of nitrogens with one attached hydrogen (secondary N) is 1. The molecular formula is C16H25FN2. The van der Waals surface area contributed by atoms with E-state index in [9.17, 15) is 4.39 Å². The Morgan fingerprint density at radius 3 is 2.47 bits per heavy atom. The van der Waals surface area contributed by atoms with Crippen LogP contribution in [0.4, 0.5) is 4.39 Å². The van der Waals surface area contributed by atoms with Gasteiger partial charge in [-0.2, -0.15) is 0 Å². The highest BCUT2D eigenvalue weighted by atomic mass is 19.1. The van der Waals surface area contributed by atoms with E-state index in [-0.39, 0.29) is 5.82 Å². The third-order valence-electron chi connectivity index (χ3n) is 3.78. The van der Waals surface area contributed by atoms with E-state index in [1.54, 1.807) is 0 Å². The van der Waals surface area contributed by atoms with Gasteiger partial charge in [0.15, 0.2) is 0 Å². The molecule has 1 saturated heterocycles. The van der Waals surface area contributed by atoms with Gasteiger partial charge in [0.25, 0.3) is 0 Å². The Balaban J connectivity index is 1.49. The molecular weight excluding hydrogens is 239 g/mol. The fourth-order valence-corrected chi connectivity index (χ4v) is 2.62. The molecule has 1 aromatic rings. The van der Waals surface area contributed by atoms with E-state index in [0.717, 1.165) is 19.5 Å². The van der Waals surface area contributed by atoms with Gasteiger partial charge in [0, 0.05) is 0 Å². The Labute approximate surface area is 116 Å². The fraction of sp³-hybridized carbons (Fsp3) is 0.625. The molecule has 106 valence electrons. The molecule has 1 heterocycles. The average molecular weight is 264 g/mol. The Morgan fingerprint density at radius 2 is 1.74 bits per heavy atom. The molecule has 1 aromatic carbocycles. The third kappa shape index (κ3) is 5.70. The smallest absolute Gasteiger partial charge is 0.123 e. The van der Waals surface area contributed by atoms with Gasteiger partial charge in [0.2, 0.25) is 0 Å². The molecule has 1 aliphatic rings. The molecule has 0 saturated carbocycles. The predicted molar refractivity (Wildman–Crippen MR) is 77.9 cm³/mol. The van der Waals surface area contributed by atoms with Crippen LogP contribution in [0.15, 0.2) is 24.3 Å². The van der Waals surface area contributed by atoms with E-state index in [1.165, 1.54) is 63.0 Å². The van der Waals surface area contributed by atoms with Gasteiger partial charge in [-0.25, -0.2) is 4.39 Å². The van der Waals surface area contributed by atoms with Gasteiger partial charge in [-0.15, -0.1) is 0 Å². The molecule has 0 atom stereocenters. The van der Waals surface area contributed by atoms with Crippen molar-refractivity contribution in [3.63, 3.8) is 0 Å². The summed E-state index contributed by atoms with van der Waals surface area (Å²) in [5.41, 5.74) is 1.20. The molecule has 1 N–H and O–H groups in total. The molecule has 0 unspecified atom stereocenters. The lowest BCUT2D eigenvalue weighted by Crippen LogP contribution is -2.32. The molecule has 1 aliphatic heterocycles. The number of rotatable bonds is 7. The summed E-state index contributed by atoms with van der Waals surface area (Å²) in [6.07, 6.45) is 6.36. The van der Waals surface area contributed by atoms with Crippen LogP contribution >= 0.6 is 0 Å². The van der Waals surface area contributed by atoms with E-state index in [1.807, 2.05) is 12.1 Å². The van der Waals surface area contributed by atoms with Crippen molar-refractivity contribution in [1.29, 1.82) is 0 Å². The Kier molecular flexibility index (Phi) is 6.31. The topological polar surface area (TPSA) is 15.3 Å². The number of likely N-dealkylation sites (tertiary alicyclic amines) is 1. The number of hydrogen-bond acceptors (Lipinski definition) is 2. The monoisotopic (exact) mass is 264 g/mol. The first kappa shape index (κ1) is 14.5. The molecule has 3 heteroatoms. The standard InChI is InChI=1S/C16H25FN2/c17-16-7-5-15(6-8-16)9-11-18-10-4-14-19-12-2-1-3-13-19/h5-8,18H,1-4,9-14H2. The maximum atomic E-state index is 12.7. The summed E-state index contributed by atoms with van der Waals surface area (Å²) in [7, 11) is 0. The minimum absolute atomic E-state index is 0.154. The van der Waals surface area contributed by atoms with Gasteiger partial charge in [0.05, 0.1) is 0 Å². The fourth-order valence-electron chi connectivity index (χ4n) is 2.62. The van der Waals surface area contributed by atoms with E-state index >= 15 is 0 Å². The average Bonchev–Trinajstić information content (AvgIpc) is 2.46. The maximum absolute atomic E-state index is 12.7. The van der Waals surface area contributed by atoms with Crippen molar-refractivity contribution in [2.75, 3.05) is 32.7 Å². The highest BCUT2D eigenvalue weighted by Crippen LogP contribution is 2.08. The summed E-state index contributed by atoms with van der Waals surface area (Å²) in [6, 6.07) is 6.80.